The first-order chi connectivity index (χ1) is 5.27. The van der Waals surface area contributed by atoms with Gasteiger partial charge in [0.25, 0.3) is 0 Å². The van der Waals surface area contributed by atoms with Crippen LogP contribution in [0.4, 0.5) is 0 Å². The number of hydrogen-bond acceptors (Lipinski definition) is 2. The van der Waals surface area contributed by atoms with E-state index in [-0.39, 0.29) is 6.61 Å². The summed E-state index contributed by atoms with van der Waals surface area (Å²) in [6, 6.07) is 0. The standard InChI is InChI=1S/C8H14N2O/c1-3-4-7-8(5-11)10-6(2)9-7/h11H,3-5H2,1-2H3,(H,9,10). The van der Waals surface area contributed by atoms with E-state index < -0.39 is 0 Å². The van der Waals surface area contributed by atoms with Crippen LogP contribution in [-0.2, 0) is 13.0 Å². The van der Waals surface area contributed by atoms with Crippen molar-refractivity contribution < 1.29 is 5.11 Å². The van der Waals surface area contributed by atoms with Gasteiger partial charge in [0, 0.05) is 0 Å². The smallest absolute Gasteiger partial charge is 0.103 e. The predicted molar refractivity (Wildman–Crippen MR) is 43.2 cm³/mol. The van der Waals surface area contributed by atoms with Gasteiger partial charge in [0.2, 0.25) is 0 Å². The van der Waals surface area contributed by atoms with Crippen LogP contribution in [0.5, 0.6) is 0 Å². The molecule has 1 heterocycles. The number of aliphatic hydroxyl groups is 1. The summed E-state index contributed by atoms with van der Waals surface area (Å²) in [4.78, 5) is 7.27. The maximum absolute atomic E-state index is 8.89. The molecule has 1 aromatic heterocycles. The van der Waals surface area contributed by atoms with Gasteiger partial charge in [0.15, 0.2) is 0 Å². The fourth-order valence-corrected chi connectivity index (χ4v) is 1.16. The van der Waals surface area contributed by atoms with Crippen LogP contribution < -0.4 is 0 Å². The number of H-pyrrole nitrogens is 1. The van der Waals surface area contributed by atoms with E-state index in [1.165, 1.54) is 0 Å². The molecule has 1 rings (SSSR count). The lowest BCUT2D eigenvalue weighted by molar-refractivity contribution is 0.276. The molecule has 0 aliphatic rings. The molecule has 0 bridgehead atoms. The molecule has 0 radical (unpaired) electrons. The second-order valence-corrected chi connectivity index (χ2v) is 2.66. The van der Waals surface area contributed by atoms with Crippen LogP contribution in [0.1, 0.15) is 30.6 Å². The van der Waals surface area contributed by atoms with Gasteiger partial charge < -0.3 is 10.1 Å². The SMILES string of the molecule is CCCc1nc(C)[nH]c1CO. The van der Waals surface area contributed by atoms with Crippen molar-refractivity contribution in [2.45, 2.75) is 33.3 Å². The summed E-state index contributed by atoms with van der Waals surface area (Å²) in [5.41, 5.74) is 1.87. The minimum absolute atomic E-state index is 0.0656. The van der Waals surface area contributed by atoms with E-state index in [1.807, 2.05) is 6.92 Å². The number of aryl methyl sites for hydroxylation is 2. The Labute approximate surface area is 66.5 Å². The summed E-state index contributed by atoms with van der Waals surface area (Å²) in [7, 11) is 0. The van der Waals surface area contributed by atoms with Crippen LogP contribution in [0.3, 0.4) is 0 Å². The molecule has 3 heteroatoms. The van der Waals surface area contributed by atoms with Crippen molar-refractivity contribution in [3.05, 3.63) is 17.2 Å². The lowest BCUT2D eigenvalue weighted by atomic mass is 10.2. The Morgan fingerprint density at radius 3 is 2.82 bits per heavy atom. The Hall–Kier alpha value is -0.830. The Kier molecular flexibility index (Phi) is 2.65. The second kappa shape index (κ2) is 3.53. The fourth-order valence-electron chi connectivity index (χ4n) is 1.16. The molecule has 0 aliphatic carbocycles. The summed E-state index contributed by atoms with van der Waals surface area (Å²) >= 11 is 0. The number of imidazole rings is 1. The molecule has 11 heavy (non-hydrogen) atoms. The quantitative estimate of drug-likeness (QED) is 0.686. The van der Waals surface area contributed by atoms with Gasteiger partial charge in [0.1, 0.15) is 5.82 Å². The molecule has 3 nitrogen and oxygen atoms in total. The molecule has 0 aliphatic heterocycles. The minimum Gasteiger partial charge on any atom is -0.390 e. The Morgan fingerprint density at radius 2 is 2.27 bits per heavy atom. The highest BCUT2D eigenvalue weighted by molar-refractivity contribution is 5.13. The molecule has 62 valence electrons. The van der Waals surface area contributed by atoms with Crippen LogP contribution in [-0.4, -0.2) is 15.1 Å². The number of hydrogen-bond donors (Lipinski definition) is 2. The number of rotatable bonds is 3. The van der Waals surface area contributed by atoms with Crippen LogP contribution >= 0.6 is 0 Å². The first kappa shape index (κ1) is 8.27. The highest BCUT2D eigenvalue weighted by Gasteiger charge is 2.04. The summed E-state index contributed by atoms with van der Waals surface area (Å²) in [6.45, 7) is 4.07. The van der Waals surface area contributed by atoms with Gasteiger partial charge in [-0.05, 0) is 13.3 Å². The van der Waals surface area contributed by atoms with Gasteiger partial charge in [-0.1, -0.05) is 13.3 Å². The molecule has 0 atom stereocenters. The second-order valence-electron chi connectivity index (χ2n) is 2.66. The van der Waals surface area contributed by atoms with Gasteiger partial charge >= 0.3 is 0 Å². The van der Waals surface area contributed by atoms with Crippen molar-refractivity contribution in [3.63, 3.8) is 0 Å². The summed E-state index contributed by atoms with van der Waals surface area (Å²) < 4.78 is 0. The van der Waals surface area contributed by atoms with Crippen molar-refractivity contribution in [1.82, 2.24) is 9.97 Å². The molecular weight excluding hydrogens is 140 g/mol. The molecule has 0 aromatic carbocycles. The third kappa shape index (κ3) is 1.80. The van der Waals surface area contributed by atoms with Crippen molar-refractivity contribution >= 4 is 0 Å². The number of aromatic amines is 1. The largest absolute Gasteiger partial charge is 0.390 e. The molecule has 0 fully saturated rings. The highest BCUT2D eigenvalue weighted by atomic mass is 16.3. The molecule has 0 unspecified atom stereocenters. The maximum atomic E-state index is 8.89. The van der Waals surface area contributed by atoms with Crippen molar-refractivity contribution in [2.75, 3.05) is 0 Å². The zero-order valence-corrected chi connectivity index (χ0v) is 7.02. The van der Waals surface area contributed by atoms with E-state index in [0.29, 0.717) is 0 Å². The number of nitrogens with zero attached hydrogens (tertiary/aromatic N) is 1. The molecular formula is C8H14N2O. The van der Waals surface area contributed by atoms with Crippen molar-refractivity contribution in [1.29, 1.82) is 0 Å². The van der Waals surface area contributed by atoms with E-state index in [9.17, 15) is 0 Å². The average Bonchev–Trinajstić information content (AvgIpc) is 2.32. The molecule has 0 saturated heterocycles. The maximum Gasteiger partial charge on any atom is 0.103 e. The van der Waals surface area contributed by atoms with E-state index >= 15 is 0 Å². The van der Waals surface area contributed by atoms with E-state index in [1.54, 1.807) is 0 Å². The van der Waals surface area contributed by atoms with Crippen molar-refractivity contribution in [2.24, 2.45) is 0 Å². The van der Waals surface area contributed by atoms with Crippen LogP contribution in [0.15, 0.2) is 0 Å². The van der Waals surface area contributed by atoms with E-state index in [0.717, 1.165) is 30.1 Å². The summed E-state index contributed by atoms with van der Waals surface area (Å²) in [6.07, 6.45) is 2.01. The van der Waals surface area contributed by atoms with E-state index in [4.69, 9.17) is 5.11 Å². The lowest BCUT2D eigenvalue weighted by Gasteiger charge is -1.94. The first-order valence-electron chi connectivity index (χ1n) is 3.93. The topological polar surface area (TPSA) is 48.9 Å². The van der Waals surface area contributed by atoms with Gasteiger partial charge in [-0.25, -0.2) is 4.98 Å². The molecule has 0 amide bonds. The van der Waals surface area contributed by atoms with Crippen LogP contribution in [0.25, 0.3) is 0 Å². The van der Waals surface area contributed by atoms with Crippen LogP contribution in [0, 0.1) is 6.92 Å². The number of nitrogens with one attached hydrogen (secondary N) is 1. The van der Waals surface area contributed by atoms with Gasteiger partial charge in [-0.3, -0.25) is 0 Å². The monoisotopic (exact) mass is 154 g/mol. The minimum atomic E-state index is 0.0656. The Balaban J connectivity index is 2.83. The average molecular weight is 154 g/mol. The molecule has 1 aromatic rings. The first-order valence-corrected chi connectivity index (χ1v) is 3.93. The number of aliphatic hydroxyl groups excluding tert-OH is 1. The predicted octanol–water partition coefficient (Wildman–Crippen LogP) is 1.16. The molecule has 0 spiro atoms. The Morgan fingerprint density at radius 1 is 1.55 bits per heavy atom. The normalized spacial score (nSPS) is 10.5. The number of aromatic nitrogens is 2. The van der Waals surface area contributed by atoms with E-state index in [2.05, 4.69) is 16.9 Å². The fraction of sp³-hybridized carbons (Fsp3) is 0.625. The molecule has 0 saturated carbocycles. The summed E-state index contributed by atoms with van der Waals surface area (Å²) in [5.74, 6) is 0.887. The van der Waals surface area contributed by atoms with Crippen molar-refractivity contribution in [3.8, 4) is 0 Å². The highest BCUT2D eigenvalue weighted by Crippen LogP contribution is 2.07. The van der Waals surface area contributed by atoms with Gasteiger partial charge in [0.05, 0.1) is 18.0 Å². The zero-order valence-electron chi connectivity index (χ0n) is 7.02. The summed E-state index contributed by atoms with van der Waals surface area (Å²) in [5, 5.41) is 8.89. The van der Waals surface area contributed by atoms with Gasteiger partial charge in [-0.2, -0.15) is 0 Å². The lowest BCUT2D eigenvalue weighted by Crippen LogP contribution is -1.91. The third-order valence-corrected chi connectivity index (χ3v) is 1.63. The third-order valence-electron chi connectivity index (χ3n) is 1.63. The molecule has 2 N–H and O–H groups in total. The zero-order chi connectivity index (χ0) is 8.27. The van der Waals surface area contributed by atoms with Crippen LogP contribution in [0.2, 0.25) is 0 Å². The Bertz CT molecular complexity index is 230. The van der Waals surface area contributed by atoms with Gasteiger partial charge in [-0.15, -0.1) is 0 Å².